The van der Waals surface area contributed by atoms with Crippen molar-refractivity contribution in [2.45, 2.75) is 25.8 Å². The van der Waals surface area contributed by atoms with Crippen molar-refractivity contribution in [2.75, 3.05) is 13.1 Å². The third kappa shape index (κ3) is 2.27. The minimum Gasteiger partial charge on any atom is -0.350 e. The highest BCUT2D eigenvalue weighted by Gasteiger charge is 2.13. The van der Waals surface area contributed by atoms with Crippen LogP contribution in [-0.4, -0.2) is 22.6 Å². The minimum absolute atomic E-state index is 0.813. The molecule has 0 radical (unpaired) electrons. The summed E-state index contributed by atoms with van der Waals surface area (Å²) >= 11 is 6.07. The Balaban J connectivity index is 1.91. The quantitative estimate of drug-likeness (QED) is 0.799. The fraction of sp³-hybridized carbons (Fsp3) is 0.467. The number of piperidine rings is 1. The van der Waals surface area contributed by atoms with E-state index in [1.54, 1.807) is 0 Å². The van der Waals surface area contributed by atoms with E-state index in [0.717, 1.165) is 11.6 Å². The highest BCUT2D eigenvalue weighted by Crippen LogP contribution is 2.25. The smallest absolute Gasteiger partial charge is 0.0495 e. The maximum Gasteiger partial charge on any atom is 0.0495 e. The summed E-state index contributed by atoms with van der Waals surface area (Å²) in [4.78, 5) is 2.56. The van der Waals surface area contributed by atoms with Crippen LogP contribution in [0.5, 0.6) is 0 Å². The summed E-state index contributed by atoms with van der Waals surface area (Å²) in [5, 5.41) is 2.15. The normalized spacial score (nSPS) is 17.4. The van der Waals surface area contributed by atoms with Crippen LogP contribution in [0.2, 0.25) is 5.02 Å². The second-order valence-electron chi connectivity index (χ2n) is 5.26. The van der Waals surface area contributed by atoms with Crippen molar-refractivity contribution in [1.29, 1.82) is 0 Å². The van der Waals surface area contributed by atoms with Gasteiger partial charge in [0.05, 0.1) is 0 Å². The lowest BCUT2D eigenvalue weighted by Gasteiger charge is -2.26. The van der Waals surface area contributed by atoms with Crippen LogP contribution in [0.15, 0.2) is 24.4 Å². The van der Waals surface area contributed by atoms with Crippen molar-refractivity contribution in [1.82, 2.24) is 9.47 Å². The Kier molecular flexibility index (Phi) is 3.31. The zero-order valence-corrected chi connectivity index (χ0v) is 11.6. The fourth-order valence-electron chi connectivity index (χ4n) is 2.93. The number of aryl methyl sites for hydroxylation is 1. The lowest BCUT2D eigenvalue weighted by Crippen LogP contribution is -2.28. The Morgan fingerprint density at radius 1 is 1.17 bits per heavy atom. The van der Waals surface area contributed by atoms with E-state index >= 15 is 0 Å². The van der Waals surface area contributed by atoms with E-state index in [9.17, 15) is 0 Å². The Morgan fingerprint density at radius 3 is 2.72 bits per heavy atom. The fourth-order valence-corrected chi connectivity index (χ4v) is 3.09. The van der Waals surface area contributed by atoms with Crippen LogP contribution >= 0.6 is 11.6 Å². The van der Waals surface area contributed by atoms with Gasteiger partial charge in [-0.25, -0.2) is 0 Å². The van der Waals surface area contributed by atoms with Gasteiger partial charge in [-0.1, -0.05) is 24.1 Å². The number of aromatic nitrogens is 1. The van der Waals surface area contributed by atoms with Crippen molar-refractivity contribution >= 4 is 22.5 Å². The molecule has 0 bridgehead atoms. The molecule has 0 N–H and O–H groups in total. The maximum atomic E-state index is 6.07. The van der Waals surface area contributed by atoms with E-state index in [1.165, 1.54) is 48.8 Å². The molecular weight excluding hydrogens is 244 g/mol. The molecule has 2 aromatic rings. The van der Waals surface area contributed by atoms with E-state index in [4.69, 9.17) is 11.6 Å². The molecule has 1 aliphatic heterocycles. The van der Waals surface area contributed by atoms with Crippen molar-refractivity contribution < 1.29 is 0 Å². The van der Waals surface area contributed by atoms with E-state index in [2.05, 4.69) is 34.8 Å². The van der Waals surface area contributed by atoms with Crippen LogP contribution in [0.1, 0.15) is 24.8 Å². The molecule has 1 aromatic carbocycles. The van der Waals surface area contributed by atoms with Crippen molar-refractivity contribution in [3.63, 3.8) is 0 Å². The van der Waals surface area contributed by atoms with Crippen LogP contribution in [-0.2, 0) is 13.6 Å². The number of rotatable bonds is 2. The minimum atomic E-state index is 0.813. The molecule has 0 unspecified atom stereocenters. The number of hydrogen-bond acceptors (Lipinski definition) is 1. The topological polar surface area (TPSA) is 8.17 Å². The van der Waals surface area contributed by atoms with Crippen LogP contribution in [0.4, 0.5) is 0 Å². The average molecular weight is 263 g/mol. The van der Waals surface area contributed by atoms with Crippen LogP contribution in [0.3, 0.4) is 0 Å². The van der Waals surface area contributed by atoms with Gasteiger partial charge in [0.2, 0.25) is 0 Å². The van der Waals surface area contributed by atoms with Gasteiger partial charge in [-0.05, 0) is 43.6 Å². The molecule has 0 atom stereocenters. The predicted octanol–water partition coefficient (Wildman–Crippen LogP) is 3.82. The molecule has 1 fully saturated rings. The van der Waals surface area contributed by atoms with Gasteiger partial charge in [-0.2, -0.15) is 0 Å². The molecule has 3 rings (SSSR count). The maximum absolute atomic E-state index is 6.07. The molecule has 0 saturated carbocycles. The molecule has 1 aliphatic rings. The summed E-state index contributed by atoms with van der Waals surface area (Å²) in [7, 11) is 2.10. The van der Waals surface area contributed by atoms with Gasteiger partial charge in [0.15, 0.2) is 0 Å². The number of fused-ring (bicyclic) bond motifs is 1. The van der Waals surface area contributed by atoms with E-state index in [1.807, 2.05) is 6.07 Å². The molecule has 1 aromatic heterocycles. The predicted molar refractivity (Wildman–Crippen MR) is 77.1 cm³/mol. The second-order valence-corrected chi connectivity index (χ2v) is 5.70. The molecule has 0 spiro atoms. The third-order valence-electron chi connectivity index (χ3n) is 3.88. The van der Waals surface area contributed by atoms with Crippen molar-refractivity contribution in [3.05, 3.63) is 35.0 Å². The number of likely N-dealkylation sites (tertiary alicyclic amines) is 1. The van der Waals surface area contributed by atoms with Crippen molar-refractivity contribution in [2.24, 2.45) is 7.05 Å². The summed E-state index contributed by atoms with van der Waals surface area (Å²) in [6.45, 7) is 3.55. The van der Waals surface area contributed by atoms with Gasteiger partial charge in [0, 0.05) is 35.7 Å². The average Bonchev–Trinajstić information content (AvgIpc) is 2.67. The first-order valence-corrected chi connectivity index (χ1v) is 7.07. The van der Waals surface area contributed by atoms with E-state index < -0.39 is 0 Å². The largest absolute Gasteiger partial charge is 0.350 e. The third-order valence-corrected chi connectivity index (χ3v) is 4.11. The molecule has 0 amide bonds. The number of benzene rings is 1. The Hall–Kier alpha value is -0.990. The molecule has 18 heavy (non-hydrogen) atoms. The summed E-state index contributed by atoms with van der Waals surface area (Å²) in [6.07, 6.45) is 6.32. The number of nitrogens with zero attached hydrogens (tertiary/aromatic N) is 2. The zero-order chi connectivity index (χ0) is 12.5. The Bertz CT molecular complexity index is 553. The molecule has 96 valence electrons. The summed E-state index contributed by atoms with van der Waals surface area (Å²) in [6, 6.07) is 6.19. The standard InChI is InChI=1S/C15H19ClN2/c1-17-10-12(11-18-7-3-2-4-8-18)14-6-5-13(16)9-15(14)17/h5-6,9-10H,2-4,7-8,11H2,1H3. The van der Waals surface area contributed by atoms with E-state index in [0.29, 0.717) is 0 Å². The first kappa shape index (κ1) is 12.1. The first-order chi connectivity index (χ1) is 8.74. The highest BCUT2D eigenvalue weighted by molar-refractivity contribution is 6.31. The number of halogens is 1. The monoisotopic (exact) mass is 262 g/mol. The van der Waals surface area contributed by atoms with Gasteiger partial charge in [-0.15, -0.1) is 0 Å². The van der Waals surface area contributed by atoms with Crippen LogP contribution < -0.4 is 0 Å². The number of hydrogen-bond donors (Lipinski definition) is 0. The van der Waals surface area contributed by atoms with Gasteiger partial charge < -0.3 is 4.57 Å². The van der Waals surface area contributed by atoms with Crippen LogP contribution in [0, 0.1) is 0 Å². The highest BCUT2D eigenvalue weighted by atomic mass is 35.5. The summed E-state index contributed by atoms with van der Waals surface area (Å²) in [5.41, 5.74) is 2.65. The van der Waals surface area contributed by atoms with Crippen LogP contribution in [0.25, 0.3) is 10.9 Å². The lowest BCUT2D eigenvalue weighted by atomic mass is 10.1. The summed E-state index contributed by atoms with van der Waals surface area (Å²) in [5.74, 6) is 0. The molecule has 2 nitrogen and oxygen atoms in total. The van der Waals surface area contributed by atoms with E-state index in [-0.39, 0.29) is 0 Å². The van der Waals surface area contributed by atoms with Crippen molar-refractivity contribution in [3.8, 4) is 0 Å². The van der Waals surface area contributed by atoms with Gasteiger partial charge in [-0.3, -0.25) is 4.90 Å². The lowest BCUT2D eigenvalue weighted by molar-refractivity contribution is 0.221. The first-order valence-electron chi connectivity index (χ1n) is 6.70. The Morgan fingerprint density at radius 2 is 1.94 bits per heavy atom. The second kappa shape index (κ2) is 4.94. The SMILES string of the molecule is Cn1cc(CN2CCCCC2)c2ccc(Cl)cc21. The zero-order valence-electron chi connectivity index (χ0n) is 10.8. The molecule has 1 saturated heterocycles. The molecular formula is C15H19ClN2. The molecule has 0 aliphatic carbocycles. The Labute approximate surface area is 113 Å². The molecule has 2 heterocycles. The van der Waals surface area contributed by atoms with Gasteiger partial charge >= 0.3 is 0 Å². The molecule has 3 heteroatoms. The van der Waals surface area contributed by atoms with Gasteiger partial charge in [0.25, 0.3) is 0 Å². The summed E-state index contributed by atoms with van der Waals surface area (Å²) < 4.78 is 2.18. The van der Waals surface area contributed by atoms with Gasteiger partial charge in [0.1, 0.15) is 0 Å².